The minimum Gasteiger partial charge on any atom is -0.342 e. The second-order valence-corrected chi connectivity index (χ2v) is 7.35. The Hall–Kier alpha value is -2.33. The summed E-state index contributed by atoms with van der Waals surface area (Å²) in [5, 5.41) is 0.0555. The lowest BCUT2D eigenvalue weighted by atomic mass is 9.92. The van der Waals surface area contributed by atoms with Gasteiger partial charge in [0.25, 0.3) is 0 Å². The van der Waals surface area contributed by atoms with Crippen LogP contribution in [0.2, 0.25) is 5.02 Å². The molecule has 1 atom stereocenters. The van der Waals surface area contributed by atoms with Crippen LogP contribution in [0.25, 0.3) is 5.52 Å². The van der Waals surface area contributed by atoms with E-state index < -0.39 is 5.82 Å². The smallest absolute Gasteiger partial charge is 0.226 e. The van der Waals surface area contributed by atoms with Crippen LogP contribution >= 0.6 is 11.6 Å². The fraction of sp³-hybridized carbons (Fsp3) is 0.286. The molecule has 1 aliphatic rings. The summed E-state index contributed by atoms with van der Waals surface area (Å²) in [7, 11) is 1.86. The van der Waals surface area contributed by atoms with Crippen LogP contribution < -0.4 is 0 Å². The van der Waals surface area contributed by atoms with E-state index in [1.165, 1.54) is 28.9 Å². The molecular weight excluding hydrogens is 351 g/mol. The minimum atomic E-state index is -0.462. The SMILES string of the molecule is CN(C(=O)Cc1ccc(F)c(Cl)c1)[C@@H]1CCc2cc3ccccn3c2C1. The zero-order valence-corrected chi connectivity index (χ0v) is 15.3. The van der Waals surface area contributed by atoms with Gasteiger partial charge < -0.3 is 9.30 Å². The molecule has 4 rings (SSSR count). The number of halogens is 2. The van der Waals surface area contributed by atoms with Crippen molar-refractivity contribution < 1.29 is 9.18 Å². The number of aryl methyl sites for hydroxylation is 1. The predicted molar refractivity (Wildman–Crippen MR) is 101 cm³/mol. The Morgan fingerprint density at radius 1 is 1.31 bits per heavy atom. The number of aromatic nitrogens is 1. The lowest BCUT2D eigenvalue weighted by Gasteiger charge is -2.31. The monoisotopic (exact) mass is 370 g/mol. The summed E-state index contributed by atoms with van der Waals surface area (Å²) in [6.45, 7) is 0. The molecule has 1 aromatic carbocycles. The number of hydrogen-bond donors (Lipinski definition) is 0. The minimum absolute atomic E-state index is 0.0296. The Morgan fingerprint density at radius 2 is 2.15 bits per heavy atom. The van der Waals surface area contributed by atoms with Gasteiger partial charge in [0.2, 0.25) is 5.91 Å². The summed E-state index contributed by atoms with van der Waals surface area (Å²) in [4.78, 5) is 14.5. The van der Waals surface area contributed by atoms with Crippen LogP contribution in [0.1, 0.15) is 23.2 Å². The van der Waals surface area contributed by atoms with Crippen LogP contribution in [0.4, 0.5) is 4.39 Å². The summed E-state index contributed by atoms with van der Waals surface area (Å²) < 4.78 is 15.5. The van der Waals surface area contributed by atoms with Gasteiger partial charge in [-0.15, -0.1) is 0 Å². The van der Waals surface area contributed by atoms with E-state index in [4.69, 9.17) is 11.6 Å². The Balaban J connectivity index is 1.50. The third kappa shape index (κ3) is 3.10. The van der Waals surface area contributed by atoms with Crippen LogP contribution in [0.15, 0.2) is 48.7 Å². The molecule has 0 spiro atoms. The average molecular weight is 371 g/mol. The molecule has 134 valence electrons. The molecule has 1 aliphatic carbocycles. The van der Waals surface area contributed by atoms with Crippen molar-refractivity contribution in [3.8, 4) is 0 Å². The van der Waals surface area contributed by atoms with Crippen LogP contribution in [0, 0.1) is 5.82 Å². The van der Waals surface area contributed by atoms with Crippen molar-refractivity contribution in [3.63, 3.8) is 0 Å². The number of carbonyl (C=O) groups is 1. The highest BCUT2D eigenvalue weighted by molar-refractivity contribution is 6.30. The Labute approximate surface area is 157 Å². The lowest BCUT2D eigenvalue weighted by Crippen LogP contribution is -2.41. The van der Waals surface area contributed by atoms with Crippen LogP contribution in [-0.4, -0.2) is 28.3 Å². The molecule has 0 N–H and O–H groups in total. The molecule has 0 saturated carbocycles. The normalized spacial score (nSPS) is 16.5. The number of likely N-dealkylation sites (N-methyl/N-ethyl adjacent to an activating group) is 1. The third-order valence-corrected chi connectivity index (χ3v) is 5.62. The number of fused-ring (bicyclic) bond motifs is 3. The van der Waals surface area contributed by atoms with E-state index in [-0.39, 0.29) is 23.4 Å². The van der Waals surface area contributed by atoms with Gasteiger partial charge in [0.05, 0.1) is 11.4 Å². The van der Waals surface area contributed by atoms with Gasteiger partial charge in [-0.1, -0.05) is 23.7 Å². The molecule has 3 aromatic rings. The maximum absolute atomic E-state index is 13.3. The molecule has 0 unspecified atom stereocenters. The highest BCUT2D eigenvalue weighted by Gasteiger charge is 2.27. The van der Waals surface area contributed by atoms with E-state index in [1.54, 1.807) is 6.07 Å². The molecule has 5 heteroatoms. The first-order valence-corrected chi connectivity index (χ1v) is 9.18. The van der Waals surface area contributed by atoms with Crippen LogP contribution in [0.5, 0.6) is 0 Å². The molecule has 0 radical (unpaired) electrons. The van der Waals surface area contributed by atoms with Crippen molar-refractivity contribution in [1.82, 2.24) is 9.30 Å². The molecule has 2 heterocycles. The molecule has 0 bridgehead atoms. The number of carbonyl (C=O) groups excluding carboxylic acids is 1. The Bertz CT molecular complexity index is 981. The van der Waals surface area contributed by atoms with E-state index in [0.717, 1.165) is 24.8 Å². The zero-order chi connectivity index (χ0) is 18.3. The highest BCUT2D eigenvalue weighted by Crippen LogP contribution is 2.28. The van der Waals surface area contributed by atoms with E-state index in [1.807, 2.05) is 24.1 Å². The van der Waals surface area contributed by atoms with Gasteiger partial charge >= 0.3 is 0 Å². The van der Waals surface area contributed by atoms with Gasteiger partial charge in [0, 0.05) is 36.9 Å². The summed E-state index contributed by atoms with van der Waals surface area (Å²) in [6.07, 6.45) is 5.09. The summed E-state index contributed by atoms with van der Waals surface area (Å²) in [6, 6.07) is 13.1. The topological polar surface area (TPSA) is 24.7 Å². The first kappa shape index (κ1) is 17.1. The van der Waals surface area contributed by atoms with E-state index >= 15 is 0 Å². The van der Waals surface area contributed by atoms with Gasteiger partial charge in [0.15, 0.2) is 0 Å². The van der Waals surface area contributed by atoms with E-state index in [9.17, 15) is 9.18 Å². The van der Waals surface area contributed by atoms with Crippen LogP contribution in [0.3, 0.4) is 0 Å². The third-order valence-electron chi connectivity index (χ3n) is 5.33. The Kier molecular flexibility index (Phi) is 4.45. The van der Waals surface area contributed by atoms with Crippen LogP contribution in [-0.2, 0) is 24.1 Å². The number of rotatable bonds is 3. The summed E-state index contributed by atoms with van der Waals surface area (Å²) >= 11 is 5.82. The fourth-order valence-electron chi connectivity index (χ4n) is 3.81. The summed E-state index contributed by atoms with van der Waals surface area (Å²) in [5.41, 5.74) is 4.60. The summed E-state index contributed by atoms with van der Waals surface area (Å²) in [5.74, 6) is -0.432. The number of pyridine rings is 1. The van der Waals surface area contributed by atoms with Crippen molar-refractivity contribution in [2.45, 2.75) is 31.7 Å². The first-order valence-electron chi connectivity index (χ1n) is 8.80. The number of hydrogen-bond acceptors (Lipinski definition) is 1. The maximum atomic E-state index is 13.3. The van der Waals surface area contributed by atoms with Gasteiger partial charge in [0.1, 0.15) is 5.82 Å². The molecule has 0 aliphatic heterocycles. The second-order valence-electron chi connectivity index (χ2n) is 6.94. The number of nitrogens with zero attached hydrogens (tertiary/aromatic N) is 2. The molecule has 26 heavy (non-hydrogen) atoms. The van der Waals surface area contributed by atoms with Gasteiger partial charge in [-0.25, -0.2) is 4.39 Å². The molecule has 1 amide bonds. The van der Waals surface area contributed by atoms with Gasteiger partial charge in [-0.3, -0.25) is 4.79 Å². The largest absolute Gasteiger partial charge is 0.342 e. The second kappa shape index (κ2) is 6.76. The Morgan fingerprint density at radius 3 is 2.96 bits per heavy atom. The fourth-order valence-corrected chi connectivity index (χ4v) is 4.02. The van der Waals surface area contributed by atoms with Gasteiger partial charge in [-0.05, 0) is 54.3 Å². The van der Waals surface area contributed by atoms with E-state index in [2.05, 4.69) is 22.7 Å². The van der Waals surface area contributed by atoms with E-state index in [0.29, 0.717) is 0 Å². The molecular formula is C21H20ClFN2O. The average Bonchev–Trinajstić information content (AvgIpc) is 3.02. The molecule has 2 aromatic heterocycles. The molecule has 0 fully saturated rings. The maximum Gasteiger partial charge on any atom is 0.226 e. The van der Waals surface area contributed by atoms with Crippen molar-refractivity contribution in [3.05, 3.63) is 76.3 Å². The van der Waals surface area contributed by atoms with Crippen molar-refractivity contribution >= 4 is 23.0 Å². The van der Waals surface area contributed by atoms with Crippen molar-refractivity contribution in [1.29, 1.82) is 0 Å². The van der Waals surface area contributed by atoms with Gasteiger partial charge in [-0.2, -0.15) is 0 Å². The molecule has 0 saturated heterocycles. The van der Waals surface area contributed by atoms with Crippen molar-refractivity contribution in [2.75, 3.05) is 7.05 Å². The number of amides is 1. The highest BCUT2D eigenvalue weighted by atomic mass is 35.5. The molecule has 3 nitrogen and oxygen atoms in total. The number of benzene rings is 1. The first-order chi connectivity index (χ1) is 12.5. The predicted octanol–water partition coefficient (Wildman–Crippen LogP) is 4.29. The van der Waals surface area contributed by atoms with Crippen molar-refractivity contribution in [2.24, 2.45) is 0 Å². The standard InChI is InChI=1S/C21H20ClFN2O/c1-24(21(26)11-14-5-8-19(23)18(22)10-14)16-7-6-15-12-17-4-2-3-9-25(17)20(15)13-16/h2-5,8-10,12,16H,6-7,11,13H2,1H3/t16-/m1/s1. The quantitative estimate of drug-likeness (QED) is 0.675. The zero-order valence-electron chi connectivity index (χ0n) is 14.6. The lowest BCUT2D eigenvalue weighted by molar-refractivity contribution is -0.131.